The number of nitrogens with zero attached hydrogens (tertiary/aromatic N) is 1. The third-order valence-electron chi connectivity index (χ3n) is 3.30. The van der Waals surface area contributed by atoms with Crippen molar-refractivity contribution in [3.05, 3.63) is 22.8 Å². The van der Waals surface area contributed by atoms with Crippen molar-refractivity contribution in [1.82, 2.24) is 4.98 Å². The van der Waals surface area contributed by atoms with Gasteiger partial charge in [0.15, 0.2) is 0 Å². The standard InChI is InChI=1S/C12H16BrClN2/c13-11-5-2-6-15-12(11)16-8-10-4-1-3-9(10)7-14/h2,5-6,9-10H,1,3-4,7-8H2,(H,15,16). The van der Waals surface area contributed by atoms with Gasteiger partial charge in [0, 0.05) is 18.6 Å². The van der Waals surface area contributed by atoms with Gasteiger partial charge in [-0.1, -0.05) is 6.42 Å². The van der Waals surface area contributed by atoms with Crippen LogP contribution in [0.1, 0.15) is 19.3 Å². The fourth-order valence-corrected chi connectivity index (χ4v) is 3.13. The highest BCUT2D eigenvalue weighted by atomic mass is 79.9. The van der Waals surface area contributed by atoms with Crippen molar-refractivity contribution in [2.24, 2.45) is 11.8 Å². The summed E-state index contributed by atoms with van der Waals surface area (Å²) in [6.45, 7) is 0.979. The van der Waals surface area contributed by atoms with Gasteiger partial charge in [0.25, 0.3) is 0 Å². The molecule has 0 aromatic carbocycles. The van der Waals surface area contributed by atoms with Crippen LogP contribution in [0.15, 0.2) is 22.8 Å². The summed E-state index contributed by atoms with van der Waals surface area (Å²) in [4.78, 5) is 4.30. The highest BCUT2D eigenvalue weighted by Gasteiger charge is 2.26. The average Bonchev–Trinajstić information content (AvgIpc) is 2.75. The summed E-state index contributed by atoms with van der Waals surface area (Å²) in [7, 11) is 0. The molecule has 2 rings (SSSR count). The van der Waals surface area contributed by atoms with E-state index in [-0.39, 0.29) is 0 Å². The molecule has 1 heterocycles. The highest BCUT2D eigenvalue weighted by Crippen LogP contribution is 2.33. The molecular formula is C12H16BrClN2. The molecule has 4 heteroatoms. The quantitative estimate of drug-likeness (QED) is 0.853. The summed E-state index contributed by atoms with van der Waals surface area (Å²) in [5.41, 5.74) is 0. The number of hydrogen-bond donors (Lipinski definition) is 1. The van der Waals surface area contributed by atoms with Crippen LogP contribution in [0.5, 0.6) is 0 Å². The molecule has 0 amide bonds. The monoisotopic (exact) mass is 302 g/mol. The van der Waals surface area contributed by atoms with E-state index < -0.39 is 0 Å². The van der Waals surface area contributed by atoms with Gasteiger partial charge in [0.1, 0.15) is 5.82 Å². The van der Waals surface area contributed by atoms with Crippen molar-refractivity contribution in [1.29, 1.82) is 0 Å². The minimum absolute atomic E-state index is 0.677. The Morgan fingerprint density at radius 2 is 2.25 bits per heavy atom. The zero-order valence-corrected chi connectivity index (χ0v) is 11.5. The third-order valence-corrected chi connectivity index (χ3v) is 4.34. The maximum absolute atomic E-state index is 5.96. The SMILES string of the molecule is ClCC1CCCC1CNc1ncccc1Br. The van der Waals surface area contributed by atoms with Gasteiger partial charge < -0.3 is 5.32 Å². The van der Waals surface area contributed by atoms with Crippen molar-refractivity contribution < 1.29 is 0 Å². The first-order valence-corrected chi connectivity index (χ1v) is 7.04. The summed E-state index contributed by atoms with van der Waals surface area (Å²) in [5.74, 6) is 3.10. The first kappa shape index (κ1) is 12.2. The molecule has 2 unspecified atom stereocenters. The molecule has 0 radical (unpaired) electrons. The maximum atomic E-state index is 5.96. The van der Waals surface area contributed by atoms with Crippen LogP contribution in [-0.2, 0) is 0 Å². The lowest BCUT2D eigenvalue weighted by Gasteiger charge is -2.18. The second kappa shape index (κ2) is 5.87. The molecule has 1 N–H and O–H groups in total. The Kier molecular flexibility index (Phi) is 4.47. The average molecular weight is 304 g/mol. The predicted octanol–water partition coefficient (Wildman–Crippen LogP) is 3.91. The van der Waals surface area contributed by atoms with E-state index in [1.54, 1.807) is 6.20 Å². The Bertz CT molecular complexity index is 346. The number of pyridine rings is 1. The Hall–Kier alpha value is -0.280. The molecule has 1 aromatic heterocycles. The molecule has 16 heavy (non-hydrogen) atoms. The number of nitrogens with one attached hydrogen (secondary N) is 1. The van der Waals surface area contributed by atoms with Crippen molar-refractivity contribution in [3.63, 3.8) is 0 Å². The zero-order chi connectivity index (χ0) is 11.4. The molecule has 2 nitrogen and oxygen atoms in total. The summed E-state index contributed by atoms with van der Waals surface area (Å²) < 4.78 is 1.02. The predicted molar refractivity (Wildman–Crippen MR) is 72.0 cm³/mol. The van der Waals surface area contributed by atoms with Gasteiger partial charge in [-0.25, -0.2) is 4.98 Å². The molecule has 0 aliphatic heterocycles. The van der Waals surface area contributed by atoms with Gasteiger partial charge in [0.2, 0.25) is 0 Å². The lowest BCUT2D eigenvalue weighted by Crippen LogP contribution is -2.19. The van der Waals surface area contributed by atoms with E-state index in [9.17, 15) is 0 Å². The summed E-state index contributed by atoms with van der Waals surface area (Å²) in [6.07, 6.45) is 5.68. The van der Waals surface area contributed by atoms with Crippen molar-refractivity contribution in [3.8, 4) is 0 Å². The van der Waals surface area contributed by atoms with Crippen LogP contribution >= 0.6 is 27.5 Å². The van der Waals surface area contributed by atoms with Crippen LogP contribution in [-0.4, -0.2) is 17.4 Å². The molecule has 0 bridgehead atoms. The number of rotatable bonds is 4. The Labute approximate surface area is 110 Å². The molecule has 1 aliphatic carbocycles. The third kappa shape index (κ3) is 2.89. The van der Waals surface area contributed by atoms with Crippen LogP contribution < -0.4 is 5.32 Å². The van der Waals surface area contributed by atoms with Crippen molar-refractivity contribution in [2.45, 2.75) is 19.3 Å². The Morgan fingerprint density at radius 1 is 1.44 bits per heavy atom. The lowest BCUT2D eigenvalue weighted by molar-refractivity contribution is 0.444. The molecule has 0 saturated heterocycles. The van der Waals surface area contributed by atoms with Gasteiger partial charge in [-0.05, 0) is 52.7 Å². The van der Waals surface area contributed by atoms with E-state index in [0.717, 1.165) is 22.7 Å². The van der Waals surface area contributed by atoms with Gasteiger partial charge in [-0.3, -0.25) is 0 Å². The van der Waals surface area contributed by atoms with Gasteiger partial charge in [0.05, 0.1) is 4.47 Å². The fraction of sp³-hybridized carbons (Fsp3) is 0.583. The van der Waals surface area contributed by atoms with Crippen LogP contribution in [0, 0.1) is 11.8 Å². The van der Waals surface area contributed by atoms with Gasteiger partial charge >= 0.3 is 0 Å². The maximum Gasteiger partial charge on any atom is 0.140 e. The lowest BCUT2D eigenvalue weighted by atomic mass is 9.98. The van der Waals surface area contributed by atoms with Crippen LogP contribution in [0.2, 0.25) is 0 Å². The number of halogens is 2. The van der Waals surface area contributed by atoms with Crippen LogP contribution in [0.4, 0.5) is 5.82 Å². The van der Waals surface area contributed by atoms with Crippen molar-refractivity contribution in [2.75, 3.05) is 17.7 Å². The van der Waals surface area contributed by atoms with Gasteiger partial charge in [-0.2, -0.15) is 0 Å². The molecule has 2 atom stereocenters. The summed E-state index contributed by atoms with van der Waals surface area (Å²) in [5, 5.41) is 3.40. The molecule has 1 saturated carbocycles. The molecule has 1 fully saturated rings. The van der Waals surface area contributed by atoms with E-state index >= 15 is 0 Å². The zero-order valence-electron chi connectivity index (χ0n) is 9.13. The minimum atomic E-state index is 0.677. The highest BCUT2D eigenvalue weighted by molar-refractivity contribution is 9.10. The molecule has 1 aromatic rings. The second-order valence-electron chi connectivity index (χ2n) is 4.32. The Morgan fingerprint density at radius 3 is 3.00 bits per heavy atom. The molecule has 1 aliphatic rings. The molecular weight excluding hydrogens is 288 g/mol. The van der Waals surface area contributed by atoms with Gasteiger partial charge in [-0.15, -0.1) is 11.6 Å². The first-order valence-electron chi connectivity index (χ1n) is 5.71. The smallest absolute Gasteiger partial charge is 0.140 e. The summed E-state index contributed by atoms with van der Waals surface area (Å²) >= 11 is 9.45. The first-order chi connectivity index (χ1) is 7.81. The number of alkyl halides is 1. The second-order valence-corrected chi connectivity index (χ2v) is 5.48. The number of anilines is 1. The van der Waals surface area contributed by atoms with Crippen LogP contribution in [0.25, 0.3) is 0 Å². The summed E-state index contributed by atoms with van der Waals surface area (Å²) in [6, 6.07) is 3.93. The Balaban J connectivity index is 1.90. The molecule has 0 spiro atoms. The van der Waals surface area contributed by atoms with E-state index in [4.69, 9.17) is 11.6 Å². The fourth-order valence-electron chi connectivity index (χ4n) is 2.33. The number of aromatic nitrogens is 1. The molecule has 88 valence electrons. The minimum Gasteiger partial charge on any atom is -0.369 e. The normalized spacial score (nSPS) is 24.6. The van der Waals surface area contributed by atoms with E-state index in [1.165, 1.54) is 19.3 Å². The van der Waals surface area contributed by atoms with E-state index in [2.05, 4.69) is 26.2 Å². The largest absolute Gasteiger partial charge is 0.369 e. The van der Waals surface area contributed by atoms with Crippen molar-refractivity contribution >= 4 is 33.3 Å². The number of hydrogen-bond acceptors (Lipinski definition) is 2. The van der Waals surface area contributed by atoms with E-state index in [1.807, 2.05) is 12.1 Å². The van der Waals surface area contributed by atoms with E-state index in [0.29, 0.717) is 11.8 Å². The topological polar surface area (TPSA) is 24.9 Å². The van der Waals surface area contributed by atoms with Crippen LogP contribution in [0.3, 0.4) is 0 Å².